The first kappa shape index (κ1) is 12.4. The highest BCUT2D eigenvalue weighted by molar-refractivity contribution is 5.29. The predicted molar refractivity (Wildman–Crippen MR) is 63.3 cm³/mol. The zero-order valence-corrected chi connectivity index (χ0v) is 9.45. The van der Waals surface area contributed by atoms with E-state index in [1.165, 1.54) is 12.1 Å². The number of ether oxygens (including phenoxy) is 1. The molecule has 0 bridgehead atoms. The van der Waals surface area contributed by atoms with Crippen LogP contribution in [0.3, 0.4) is 0 Å². The Balaban J connectivity index is 2.03. The summed E-state index contributed by atoms with van der Waals surface area (Å²) in [4.78, 5) is 0. The van der Waals surface area contributed by atoms with Crippen molar-refractivity contribution in [3.05, 3.63) is 24.3 Å². The van der Waals surface area contributed by atoms with Gasteiger partial charge in [0.25, 0.3) is 0 Å². The maximum Gasteiger partial charge on any atom is 0.119 e. The van der Waals surface area contributed by atoms with E-state index in [1.807, 2.05) is 0 Å². The van der Waals surface area contributed by atoms with E-state index in [2.05, 4.69) is 5.92 Å². The van der Waals surface area contributed by atoms with E-state index in [0.717, 1.165) is 37.9 Å². The van der Waals surface area contributed by atoms with Crippen LogP contribution in [0.25, 0.3) is 0 Å². The summed E-state index contributed by atoms with van der Waals surface area (Å²) in [6, 6.07) is 6.45. The van der Waals surface area contributed by atoms with Gasteiger partial charge in [0.05, 0.1) is 6.61 Å². The van der Waals surface area contributed by atoms with Crippen molar-refractivity contribution in [2.45, 2.75) is 32.1 Å². The van der Waals surface area contributed by atoms with Crippen molar-refractivity contribution in [1.82, 2.24) is 0 Å². The Kier molecular flexibility index (Phi) is 5.95. The molecule has 0 heterocycles. The van der Waals surface area contributed by atoms with E-state index >= 15 is 0 Å². The van der Waals surface area contributed by atoms with Gasteiger partial charge in [0.15, 0.2) is 0 Å². The molecule has 0 unspecified atom stereocenters. The van der Waals surface area contributed by atoms with Crippen LogP contribution in [0.5, 0.6) is 11.5 Å². The average molecular weight is 217 g/mol. The van der Waals surface area contributed by atoms with E-state index in [4.69, 9.17) is 11.2 Å². The third-order valence-corrected chi connectivity index (χ3v) is 2.31. The molecular weight excluding hydrogens is 200 g/mol. The van der Waals surface area contributed by atoms with Crippen molar-refractivity contribution in [3.8, 4) is 23.8 Å². The van der Waals surface area contributed by atoms with Crippen LogP contribution in [0, 0.1) is 12.3 Å². The molecule has 2 nitrogen and oxygen atoms in total. The highest BCUT2D eigenvalue weighted by Crippen LogP contribution is 2.14. The Morgan fingerprint density at radius 2 is 1.75 bits per heavy atom. The van der Waals surface area contributed by atoms with Crippen molar-refractivity contribution in [2.24, 2.45) is 0 Å². The molecule has 0 radical (unpaired) electrons. The average Bonchev–Trinajstić information content (AvgIpc) is 2.30. The molecule has 1 rings (SSSR count). The smallest absolute Gasteiger partial charge is 0.119 e. The van der Waals surface area contributed by atoms with Gasteiger partial charge in [-0.05, 0) is 25.0 Å². The third kappa shape index (κ3) is 5.31. The van der Waals surface area contributed by atoms with Gasteiger partial charge in [-0.3, -0.25) is 0 Å². The lowest BCUT2D eigenvalue weighted by molar-refractivity contribution is -0.268. The largest absolute Gasteiger partial charge is 0.872 e. The maximum atomic E-state index is 10.8. The van der Waals surface area contributed by atoms with Crippen LogP contribution in [0.1, 0.15) is 32.1 Å². The number of terminal acetylenes is 1. The van der Waals surface area contributed by atoms with E-state index in [-0.39, 0.29) is 5.75 Å². The highest BCUT2D eigenvalue weighted by Gasteiger charge is 1.92. The van der Waals surface area contributed by atoms with Crippen molar-refractivity contribution in [1.29, 1.82) is 0 Å². The van der Waals surface area contributed by atoms with Gasteiger partial charge in [0.1, 0.15) is 5.75 Å². The first-order valence-corrected chi connectivity index (χ1v) is 5.66. The van der Waals surface area contributed by atoms with Crippen LogP contribution in [0.4, 0.5) is 0 Å². The Morgan fingerprint density at radius 1 is 1.06 bits per heavy atom. The van der Waals surface area contributed by atoms with Gasteiger partial charge < -0.3 is 9.84 Å². The Labute approximate surface area is 97.3 Å². The summed E-state index contributed by atoms with van der Waals surface area (Å²) in [5.74, 6) is 3.41. The van der Waals surface area contributed by atoms with Crippen LogP contribution in [0.15, 0.2) is 24.3 Å². The van der Waals surface area contributed by atoms with Gasteiger partial charge in [-0.1, -0.05) is 25.0 Å². The molecule has 0 aliphatic heterocycles. The molecule has 0 aliphatic carbocycles. The highest BCUT2D eigenvalue weighted by atomic mass is 16.5. The van der Waals surface area contributed by atoms with E-state index in [1.54, 1.807) is 12.1 Å². The molecule has 1 aromatic rings. The number of rotatable bonds is 7. The van der Waals surface area contributed by atoms with E-state index in [9.17, 15) is 5.11 Å². The summed E-state index contributed by atoms with van der Waals surface area (Å²) in [6.45, 7) is 0.703. The fraction of sp³-hybridized carbons (Fsp3) is 0.429. The molecule has 0 fully saturated rings. The summed E-state index contributed by atoms with van der Waals surface area (Å²) >= 11 is 0. The quantitative estimate of drug-likeness (QED) is 0.519. The molecule has 0 N–H and O–H groups in total. The first-order valence-electron chi connectivity index (χ1n) is 5.66. The van der Waals surface area contributed by atoms with Gasteiger partial charge >= 0.3 is 0 Å². The minimum Gasteiger partial charge on any atom is -0.872 e. The zero-order valence-electron chi connectivity index (χ0n) is 9.45. The van der Waals surface area contributed by atoms with Gasteiger partial charge in [-0.15, -0.1) is 18.1 Å². The summed E-state index contributed by atoms with van der Waals surface area (Å²) in [5.41, 5.74) is 0. The molecule has 0 saturated heterocycles. The second kappa shape index (κ2) is 7.64. The predicted octanol–water partition coefficient (Wildman–Crippen LogP) is 2.72. The molecule has 0 amide bonds. The molecule has 86 valence electrons. The van der Waals surface area contributed by atoms with Crippen molar-refractivity contribution in [3.63, 3.8) is 0 Å². The van der Waals surface area contributed by atoms with Crippen LogP contribution in [0.2, 0.25) is 0 Å². The molecular formula is C14H17O2-. The minimum absolute atomic E-state index is 0.0154. The molecule has 2 heteroatoms. The molecule has 0 saturated carbocycles. The Hall–Kier alpha value is -1.62. The first-order chi connectivity index (χ1) is 7.83. The normalized spacial score (nSPS) is 9.69. The summed E-state index contributed by atoms with van der Waals surface area (Å²) in [7, 11) is 0. The second-order valence-electron chi connectivity index (χ2n) is 3.69. The van der Waals surface area contributed by atoms with Gasteiger partial charge in [0.2, 0.25) is 0 Å². The molecule has 0 atom stereocenters. The van der Waals surface area contributed by atoms with E-state index in [0.29, 0.717) is 6.61 Å². The minimum atomic E-state index is 0.0154. The van der Waals surface area contributed by atoms with Gasteiger partial charge in [-0.2, -0.15) is 0 Å². The number of unbranched alkanes of at least 4 members (excludes halogenated alkanes) is 4. The topological polar surface area (TPSA) is 32.3 Å². The molecule has 0 spiro atoms. The lowest BCUT2D eigenvalue weighted by Crippen LogP contribution is -1.97. The van der Waals surface area contributed by atoms with Crippen LogP contribution in [-0.4, -0.2) is 6.61 Å². The zero-order chi connectivity index (χ0) is 11.6. The van der Waals surface area contributed by atoms with Crippen molar-refractivity contribution >= 4 is 0 Å². The van der Waals surface area contributed by atoms with Crippen LogP contribution in [-0.2, 0) is 0 Å². The van der Waals surface area contributed by atoms with Crippen LogP contribution >= 0.6 is 0 Å². The fourth-order valence-corrected chi connectivity index (χ4v) is 1.41. The molecule has 16 heavy (non-hydrogen) atoms. The summed E-state index contributed by atoms with van der Waals surface area (Å²) in [5, 5.41) is 10.8. The van der Waals surface area contributed by atoms with Gasteiger partial charge in [-0.25, -0.2) is 0 Å². The summed E-state index contributed by atoms with van der Waals surface area (Å²) < 4.78 is 5.49. The SMILES string of the molecule is C#CCCCCCCOc1ccc([O-])cc1. The summed E-state index contributed by atoms with van der Waals surface area (Å²) in [6.07, 6.45) is 10.5. The van der Waals surface area contributed by atoms with Crippen molar-refractivity contribution < 1.29 is 9.84 Å². The molecule has 1 aromatic carbocycles. The lowest BCUT2D eigenvalue weighted by Gasteiger charge is -2.08. The second-order valence-corrected chi connectivity index (χ2v) is 3.69. The number of benzene rings is 1. The molecule has 0 aliphatic rings. The molecule has 0 aromatic heterocycles. The maximum absolute atomic E-state index is 10.8. The van der Waals surface area contributed by atoms with Crippen molar-refractivity contribution in [2.75, 3.05) is 6.61 Å². The van der Waals surface area contributed by atoms with Crippen LogP contribution < -0.4 is 9.84 Å². The third-order valence-electron chi connectivity index (χ3n) is 2.31. The van der Waals surface area contributed by atoms with Gasteiger partial charge in [0, 0.05) is 6.42 Å². The fourth-order valence-electron chi connectivity index (χ4n) is 1.41. The standard InChI is InChI=1S/C14H18O2/c1-2-3-4-5-6-7-12-16-14-10-8-13(15)9-11-14/h1,8-11,15H,3-7,12H2/p-1. The monoisotopic (exact) mass is 217 g/mol. The lowest BCUT2D eigenvalue weighted by atomic mass is 10.1. The Morgan fingerprint density at radius 3 is 2.44 bits per heavy atom. The number of hydrogen-bond acceptors (Lipinski definition) is 2. The van der Waals surface area contributed by atoms with E-state index < -0.39 is 0 Å². The Bertz CT molecular complexity index is 322. The number of hydrogen-bond donors (Lipinski definition) is 0.